The zero-order chi connectivity index (χ0) is 12.4. The molecule has 0 aliphatic carbocycles. The maximum Gasteiger partial charge on any atom is 0.460 e. The van der Waals surface area contributed by atoms with E-state index in [0.29, 0.717) is 6.54 Å². The average Bonchev–Trinajstić information content (AvgIpc) is 2.61. The molecular weight excluding hydrogens is 253 g/mol. The number of nitrogens with one attached hydrogen (secondary N) is 1. The summed E-state index contributed by atoms with van der Waals surface area (Å²) in [5.41, 5.74) is 0. The lowest BCUT2D eigenvalue weighted by molar-refractivity contribution is -0.289. The molecule has 1 N–H and O–H groups in total. The summed E-state index contributed by atoms with van der Waals surface area (Å²) in [5, 5.41) is 7.65. The highest BCUT2D eigenvalue weighted by Crippen LogP contribution is 2.44. The van der Waals surface area contributed by atoms with E-state index in [1.807, 2.05) is 0 Å². The van der Waals surface area contributed by atoms with Crippen LogP contribution < -0.4 is 5.32 Å². The van der Waals surface area contributed by atoms with Gasteiger partial charge in [0.25, 0.3) is 0 Å². The maximum atomic E-state index is 12.8. The lowest BCUT2D eigenvalue weighted by atomic mass is 10.3. The van der Waals surface area contributed by atoms with E-state index in [9.17, 15) is 22.0 Å². The molecule has 0 amide bonds. The van der Waals surface area contributed by atoms with Crippen LogP contribution in [0.1, 0.15) is 16.9 Å². The first-order chi connectivity index (χ1) is 7.29. The van der Waals surface area contributed by atoms with E-state index < -0.39 is 17.1 Å². The Hall–Kier alpha value is -0.830. The number of aromatic nitrogens is 2. The van der Waals surface area contributed by atoms with Crippen molar-refractivity contribution in [1.82, 2.24) is 15.5 Å². The Morgan fingerprint density at radius 3 is 2.31 bits per heavy atom. The number of nitrogens with zero attached hydrogens (tertiary/aromatic N) is 2. The van der Waals surface area contributed by atoms with Gasteiger partial charge in [-0.1, -0.05) is 18.3 Å². The Balaban J connectivity index is 2.85. The second-order valence-electron chi connectivity index (χ2n) is 2.85. The van der Waals surface area contributed by atoms with Crippen LogP contribution in [0, 0.1) is 0 Å². The Labute approximate surface area is 91.7 Å². The Bertz CT molecular complexity index is 348. The fourth-order valence-electron chi connectivity index (χ4n) is 0.805. The van der Waals surface area contributed by atoms with Crippen molar-refractivity contribution >= 4 is 11.3 Å². The highest BCUT2D eigenvalue weighted by molar-refractivity contribution is 7.11. The number of alkyl halides is 5. The van der Waals surface area contributed by atoms with Gasteiger partial charge in [0.15, 0.2) is 5.01 Å². The third-order valence-corrected chi connectivity index (χ3v) is 2.61. The number of halogens is 5. The van der Waals surface area contributed by atoms with Gasteiger partial charge < -0.3 is 5.32 Å². The van der Waals surface area contributed by atoms with Crippen molar-refractivity contribution in [2.75, 3.05) is 6.54 Å². The van der Waals surface area contributed by atoms with Gasteiger partial charge >= 0.3 is 12.1 Å². The van der Waals surface area contributed by atoms with Crippen molar-refractivity contribution in [3.63, 3.8) is 0 Å². The van der Waals surface area contributed by atoms with Crippen LogP contribution in [0.25, 0.3) is 0 Å². The van der Waals surface area contributed by atoms with Crippen molar-refractivity contribution in [2.45, 2.75) is 25.6 Å². The molecule has 1 aromatic heterocycles. The molecular formula is C7H8F5N3S. The van der Waals surface area contributed by atoms with Gasteiger partial charge in [0, 0.05) is 6.54 Å². The standard InChI is InChI=1S/C7H8F5N3S/c1-2-13-3-4-14-15-5(16-4)6(8,9)7(10,11)12/h13H,2-3H2,1H3. The predicted molar refractivity (Wildman–Crippen MR) is 47.2 cm³/mol. The Morgan fingerprint density at radius 1 is 1.19 bits per heavy atom. The van der Waals surface area contributed by atoms with Gasteiger partial charge in [-0.05, 0) is 6.54 Å². The number of hydrogen-bond donors (Lipinski definition) is 1. The molecule has 9 heteroatoms. The first-order valence-electron chi connectivity index (χ1n) is 4.27. The molecule has 0 saturated heterocycles. The van der Waals surface area contributed by atoms with Crippen LogP contribution in [0.4, 0.5) is 22.0 Å². The van der Waals surface area contributed by atoms with Gasteiger partial charge in [0.1, 0.15) is 5.01 Å². The van der Waals surface area contributed by atoms with Gasteiger partial charge in [0.05, 0.1) is 0 Å². The lowest BCUT2D eigenvalue weighted by Gasteiger charge is -2.15. The third-order valence-electron chi connectivity index (χ3n) is 1.62. The smallest absolute Gasteiger partial charge is 0.311 e. The van der Waals surface area contributed by atoms with Crippen LogP contribution >= 0.6 is 11.3 Å². The zero-order valence-electron chi connectivity index (χ0n) is 8.11. The quantitative estimate of drug-likeness (QED) is 0.845. The highest BCUT2D eigenvalue weighted by Gasteiger charge is 2.61. The fraction of sp³-hybridized carbons (Fsp3) is 0.714. The minimum absolute atomic E-state index is 0.0979. The molecule has 0 unspecified atom stereocenters. The van der Waals surface area contributed by atoms with E-state index in [1.165, 1.54) is 0 Å². The number of hydrogen-bond acceptors (Lipinski definition) is 4. The normalized spacial score (nSPS) is 13.1. The van der Waals surface area contributed by atoms with E-state index in [2.05, 4.69) is 15.5 Å². The third kappa shape index (κ3) is 2.64. The summed E-state index contributed by atoms with van der Waals surface area (Å²) < 4.78 is 61.4. The second kappa shape index (κ2) is 4.58. The van der Waals surface area contributed by atoms with E-state index in [1.54, 1.807) is 6.92 Å². The van der Waals surface area contributed by atoms with Gasteiger partial charge in [-0.3, -0.25) is 0 Å². The molecule has 0 bridgehead atoms. The summed E-state index contributed by atoms with van der Waals surface area (Å²) in [6, 6.07) is 0. The monoisotopic (exact) mass is 261 g/mol. The summed E-state index contributed by atoms with van der Waals surface area (Å²) in [5.74, 6) is -4.94. The van der Waals surface area contributed by atoms with E-state index >= 15 is 0 Å². The topological polar surface area (TPSA) is 37.8 Å². The second-order valence-corrected chi connectivity index (χ2v) is 3.92. The first kappa shape index (κ1) is 13.2. The Morgan fingerprint density at radius 2 is 1.81 bits per heavy atom. The summed E-state index contributed by atoms with van der Waals surface area (Å²) in [7, 11) is 0. The molecule has 0 atom stereocenters. The molecule has 1 rings (SSSR count). The molecule has 0 spiro atoms. The summed E-state index contributed by atoms with van der Waals surface area (Å²) in [6.07, 6.45) is -5.64. The fourth-order valence-corrected chi connectivity index (χ4v) is 1.61. The maximum absolute atomic E-state index is 12.8. The van der Waals surface area contributed by atoms with Crippen LogP contribution in [0.2, 0.25) is 0 Å². The number of rotatable bonds is 4. The van der Waals surface area contributed by atoms with E-state index in [-0.39, 0.29) is 22.9 Å². The van der Waals surface area contributed by atoms with Gasteiger partial charge in [0.2, 0.25) is 0 Å². The average molecular weight is 261 g/mol. The molecule has 1 heterocycles. The van der Waals surface area contributed by atoms with Crippen LogP contribution in [-0.4, -0.2) is 22.9 Å². The molecule has 92 valence electrons. The van der Waals surface area contributed by atoms with Crippen LogP contribution in [0.15, 0.2) is 0 Å². The molecule has 0 radical (unpaired) electrons. The van der Waals surface area contributed by atoms with Crippen molar-refractivity contribution < 1.29 is 22.0 Å². The molecule has 0 fully saturated rings. The Kier molecular flexibility index (Phi) is 3.79. The van der Waals surface area contributed by atoms with Crippen LogP contribution in [0.5, 0.6) is 0 Å². The molecule has 0 aromatic carbocycles. The summed E-state index contributed by atoms with van der Waals surface area (Å²) in [4.78, 5) is 0. The minimum Gasteiger partial charge on any atom is -0.311 e. The van der Waals surface area contributed by atoms with E-state index in [4.69, 9.17) is 0 Å². The molecule has 16 heavy (non-hydrogen) atoms. The first-order valence-corrected chi connectivity index (χ1v) is 5.08. The van der Waals surface area contributed by atoms with Crippen molar-refractivity contribution in [3.8, 4) is 0 Å². The molecule has 0 saturated carbocycles. The molecule has 0 aliphatic rings. The van der Waals surface area contributed by atoms with Crippen LogP contribution in [-0.2, 0) is 12.5 Å². The SMILES string of the molecule is CCNCc1nnc(C(F)(F)C(F)(F)F)s1. The summed E-state index contributed by atoms with van der Waals surface area (Å²) >= 11 is 0.252. The molecule has 3 nitrogen and oxygen atoms in total. The highest BCUT2D eigenvalue weighted by atomic mass is 32.1. The van der Waals surface area contributed by atoms with Crippen molar-refractivity contribution in [2.24, 2.45) is 0 Å². The zero-order valence-corrected chi connectivity index (χ0v) is 8.92. The van der Waals surface area contributed by atoms with E-state index in [0.717, 1.165) is 0 Å². The van der Waals surface area contributed by atoms with Gasteiger partial charge in [-0.25, -0.2) is 0 Å². The minimum atomic E-state index is -5.64. The van der Waals surface area contributed by atoms with Crippen molar-refractivity contribution in [1.29, 1.82) is 0 Å². The largest absolute Gasteiger partial charge is 0.460 e. The predicted octanol–water partition coefficient (Wildman–Crippen LogP) is 2.30. The lowest BCUT2D eigenvalue weighted by Crippen LogP contribution is -2.33. The van der Waals surface area contributed by atoms with Gasteiger partial charge in [-0.2, -0.15) is 22.0 Å². The molecule has 1 aromatic rings. The molecule has 0 aliphatic heterocycles. The van der Waals surface area contributed by atoms with Gasteiger partial charge in [-0.15, -0.1) is 10.2 Å². The van der Waals surface area contributed by atoms with Crippen molar-refractivity contribution in [3.05, 3.63) is 10.0 Å². The van der Waals surface area contributed by atoms with Crippen LogP contribution in [0.3, 0.4) is 0 Å². The summed E-state index contributed by atoms with van der Waals surface area (Å²) in [6.45, 7) is 2.46.